The summed E-state index contributed by atoms with van der Waals surface area (Å²) in [4.78, 5) is 24.6. The summed E-state index contributed by atoms with van der Waals surface area (Å²) in [7, 11) is 0. The third-order valence-corrected chi connectivity index (χ3v) is 4.40. The van der Waals surface area contributed by atoms with Crippen LogP contribution in [0.25, 0.3) is 6.08 Å². The first-order valence-electron chi connectivity index (χ1n) is 7.52. The molecule has 1 aromatic carbocycles. The zero-order chi connectivity index (χ0) is 18.2. The van der Waals surface area contributed by atoms with Crippen LogP contribution >= 0.6 is 11.8 Å². The van der Waals surface area contributed by atoms with Gasteiger partial charge in [-0.3, -0.25) is 4.79 Å². The van der Waals surface area contributed by atoms with E-state index >= 15 is 0 Å². The van der Waals surface area contributed by atoms with E-state index in [-0.39, 0.29) is 5.92 Å². The Morgan fingerprint density at radius 3 is 2.50 bits per heavy atom. The molecular weight excluding hydrogens is 324 g/mol. The maximum atomic E-state index is 11.8. The van der Waals surface area contributed by atoms with Gasteiger partial charge >= 0.3 is 5.97 Å². The number of nitrogens with one attached hydrogen (secondary N) is 1. The number of nitrogens with zero attached hydrogens (tertiary/aromatic N) is 1. The molecule has 0 fully saturated rings. The number of carbonyl (C=O) groups excluding carboxylic acids is 2. The quantitative estimate of drug-likeness (QED) is 0.466. The summed E-state index contributed by atoms with van der Waals surface area (Å²) in [5, 5.41) is 11.7. The number of esters is 1. The standard InChI is InChI=1S/C18H22N2O3S/c1-13(2)18(3,12-19)20-16(21)11-23-17(22)10-7-14-5-8-15(24-4)9-6-14/h5-10,13H,11H2,1-4H3,(H,20,21)/b10-7+/t18-/m0/s1. The Balaban J connectivity index is 2.49. The highest BCUT2D eigenvalue weighted by Gasteiger charge is 2.30. The second-order valence-corrected chi connectivity index (χ2v) is 6.61. The summed E-state index contributed by atoms with van der Waals surface area (Å²) in [6.07, 6.45) is 4.88. The number of hydrogen-bond donors (Lipinski definition) is 1. The van der Waals surface area contributed by atoms with Gasteiger partial charge in [-0.2, -0.15) is 5.26 Å². The SMILES string of the molecule is CSc1ccc(/C=C/C(=O)OCC(=O)N[C@@](C)(C#N)C(C)C)cc1. The fraction of sp³-hybridized carbons (Fsp3) is 0.389. The number of thioether (sulfide) groups is 1. The Hall–Kier alpha value is -2.26. The highest BCUT2D eigenvalue weighted by molar-refractivity contribution is 7.98. The molecule has 0 spiro atoms. The molecule has 0 aliphatic carbocycles. The Labute approximate surface area is 147 Å². The first-order valence-corrected chi connectivity index (χ1v) is 8.74. The molecule has 6 heteroatoms. The van der Waals surface area contributed by atoms with Crippen LogP contribution in [0.15, 0.2) is 35.2 Å². The molecule has 1 N–H and O–H groups in total. The van der Waals surface area contributed by atoms with Gasteiger partial charge in [0.15, 0.2) is 6.61 Å². The Morgan fingerprint density at radius 1 is 1.38 bits per heavy atom. The summed E-state index contributed by atoms with van der Waals surface area (Å²) >= 11 is 1.64. The minimum atomic E-state index is -0.988. The zero-order valence-corrected chi connectivity index (χ0v) is 15.1. The van der Waals surface area contributed by atoms with Crippen LogP contribution in [0.3, 0.4) is 0 Å². The van der Waals surface area contributed by atoms with Gasteiger partial charge in [0, 0.05) is 11.0 Å². The van der Waals surface area contributed by atoms with Crippen molar-refractivity contribution in [1.29, 1.82) is 5.26 Å². The molecular formula is C18H22N2O3S. The van der Waals surface area contributed by atoms with Crippen molar-refractivity contribution in [2.24, 2.45) is 5.92 Å². The molecule has 1 amide bonds. The molecule has 128 valence electrons. The van der Waals surface area contributed by atoms with Gasteiger partial charge in [0.2, 0.25) is 0 Å². The highest BCUT2D eigenvalue weighted by Crippen LogP contribution is 2.16. The molecule has 24 heavy (non-hydrogen) atoms. The van der Waals surface area contributed by atoms with Gasteiger partial charge in [0.1, 0.15) is 5.54 Å². The third kappa shape index (κ3) is 6.09. The predicted octanol–water partition coefficient (Wildman–Crippen LogP) is 3.02. The summed E-state index contributed by atoms with van der Waals surface area (Å²) in [5.41, 5.74) is -0.121. The molecule has 0 heterocycles. The topological polar surface area (TPSA) is 79.2 Å². The maximum absolute atomic E-state index is 11.8. The van der Waals surface area contributed by atoms with Crippen LogP contribution in [0.1, 0.15) is 26.3 Å². The van der Waals surface area contributed by atoms with Crippen molar-refractivity contribution in [2.45, 2.75) is 31.2 Å². The number of carbonyl (C=O) groups is 2. The second kappa shape index (κ2) is 9.14. The lowest BCUT2D eigenvalue weighted by Crippen LogP contribution is -2.50. The van der Waals surface area contributed by atoms with Crippen LogP contribution in [0.5, 0.6) is 0 Å². The summed E-state index contributed by atoms with van der Waals surface area (Å²) in [6.45, 7) is 4.88. The van der Waals surface area contributed by atoms with Gasteiger partial charge in [-0.05, 0) is 42.9 Å². The van der Waals surface area contributed by atoms with E-state index in [1.807, 2.05) is 44.4 Å². The third-order valence-electron chi connectivity index (χ3n) is 3.66. The van der Waals surface area contributed by atoms with E-state index in [0.29, 0.717) is 0 Å². The van der Waals surface area contributed by atoms with E-state index in [1.54, 1.807) is 24.8 Å². The summed E-state index contributed by atoms with van der Waals surface area (Å²) in [6, 6.07) is 9.76. The van der Waals surface area contributed by atoms with E-state index in [4.69, 9.17) is 10.00 Å². The molecule has 0 saturated heterocycles. The fourth-order valence-electron chi connectivity index (χ4n) is 1.69. The van der Waals surface area contributed by atoms with Gasteiger partial charge in [-0.25, -0.2) is 4.79 Å². The van der Waals surface area contributed by atoms with Crippen molar-refractivity contribution in [3.8, 4) is 6.07 Å². The van der Waals surface area contributed by atoms with Crippen LogP contribution < -0.4 is 5.32 Å². The second-order valence-electron chi connectivity index (χ2n) is 5.73. The lowest BCUT2D eigenvalue weighted by Gasteiger charge is -2.27. The fourth-order valence-corrected chi connectivity index (χ4v) is 2.10. The maximum Gasteiger partial charge on any atom is 0.331 e. The number of hydrogen-bond acceptors (Lipinski definition) is 5. The minimum Gasteiger partial charge on any atom is -0.452 e. The molecule has 0 aliphatic heterocycles. The smallest absolute Gasteiger partial charge is 0.331 e. The lowest BCUT2D eigenvalue weighted by atomic mass is 9.90. The van der Waals surface area contributed by atoms with Gasteiger partial charge < -0.3 is 10.1 Å². The van der Waals surface area contributed by atoms with Gasteiger partial charge in [-0.1, -0.05) is 26.0 Å². The molecule has 1 aromatic rings. The van der Waals surface area contributed by atoms with Crippen molar-refractivity contribution in [3.05, 3.63) is 35.9 Å². The van der Waals surface area contributed by atoms with Crippen LogP contribution in [0.2, 0.25) is 0 Å². The van der Waals surface area contributed by atoms with Crippen molar-refractivity contribution in [3.63, 3.8) is 0 Å². The largest absolute Gasteiger partial charge is 0.452 e. The monoisotopic (exact) mass is 346 g/mol. The first-order chi connectivity index (χ1) is 11.3. The van der Waals surface area contributed by atoms with E-state index < -0.39 is 24.0 Å². The van der Waals surface area contributed by atoms with E-state index in [9.17, 15) is 9.59 Å². The van der Waals surface area contributed by atoms with Crippen molar-refractivity contribution >= 4 is 29.7 Å². The van der Waals surface area contributed by atoms with Gasteiger partial charge in [0.25, 0.3) is 5.91 Å². The Morgan fingerprint density at radius 2 is 2.00 bits per heavy atom. The van der Waals surface area contributed by atoms with E-state index in [1.165, 1.54) is 6.08 Å². The molecule has 1 rings (SSSR count). The summed E-state index contributed by atoms with van der Waals surface area (Å²) in [5.74, 6) is -1.17. The lowest BCUT2D eigenvalue weighted by molar-refractivity contribution is -0.144. The molecule has 0 saturated carbocycles. The van der Waals surface area contributed by atoms with Crippen molar-refractivity contribution in [2.75, 3.05) is 12.9 Å². The number of benzene rings is 1. The molecule has 1 atom stereocenters. The van der Waals surface area contributed by atoms with Crippen LogP contribution in [-0.2, 0) is 14.3 Å². The normalized spacial score (nSPS) is 13.3. The molecule has 0 radical (unpaired) electrons. The number of ether oxygens (including phenoxy) is 1. The first kappa shape index (κ1) is 19.8. The number of rotatable bonds is 7. The molecule has 5 nitrogen and oxygen atoms in total. The molecule has 0 aliphatic rings. The minimum absolute atomic E-state index is 0.0636. The average molecular weight is 346 g/mol. The summed E-state index contributed by atoms with van der Waals surface area (Å²) < 4.78 is 4.89. The van der Waals surface area contributed by atoms with Crippen molar-refractivity contribution < 1.29 is 14.3 Å². The van der Waals surface area contributed by atoms with E-state index in [0.717, 1.165) is 10.5 Å². The molecule has 0 unspecified atom stereocenters. The Bertz CT molecular complexity index is 647. The van der Waals surface area contributed by atoms with Crippen molar-refractivity contribution in [1.82, 2.24) is 5.32 Å². The van der Waals surface area contributed by atoms with Crippen LogP contribution in [0, 0.1) is 17.2 Å². The van der Waals surface area contributed by atoms with Crippen LogP contribution in [0.4, 0.5) is 0 Å². The van der Waals surface area contributed by atoms with Gasteiger partial charge in [-0.15, -0.1) is 11.8 Å². The highest BCUT2D eigenvalue weighted by atomic mass is 32.2. The van der Waals surface area contributed by atoms with Crippen LogP contribution in [-0.4, -0.2) is 30.3 Å². The zero-order valence-electron chi connectivity index (χ0n) is 14.3. The average Bonchev–Trinajstić information content (AvgIpc) is 2.58. The van der Waals surface area contributed by atoms with E-state index in [2.05, 4.69) is 11.4 Å². The predicted molar refractivity (Wildman–Crippen MR) is 95.2 cm³/mol. The number of nitriles is 1. The molecule has 0 bridgehead atoms. The Kier molecular flexibility index (Phi) is 7.53. The van der Waals surface area contributed by atoms with Gasteiger partial charge in [0.05, 0.1) is 6.07 Å². The molecule has 0 aromatic heterocycles. The number of amides is 1.